The fraction of sp³-hybridized carbons (Fsp3) is 0. The van der Waals surface area contributed by atoms with Gasteiger partial charge in [0.15, 0.2) is 8.07 Å². The highest BCUT2D eigenvalue weighted by Gasteiger charge is 2.47. The van der Waals surface area contributed by atoms with E-state index >= 15 is 0 Å². The van der Waals surface area contributed by atoms with Gasteiger partial charge in [-0.1, -0.05) is 129 Å². The maximum atomic E-state index is 3.60. The number of hydrogen-bond acceptors (Lipinski definition) is 0. The number of benzene rings is 4. The van der Waals surface area contributed by atoms with Gasteiger partial charge in [-0.25, -0.2) is 0 Å². The molecule has 0 spiro atoms. The van der Waals surface area contributed by atoms with Crippen LogP contribution in [-0.4, -0.2) is 8.07 Å². The Kier molecular flexibility index (Phi) is 5.66. The highest BCUT2D eigenvalue weighted by atomic mass is 79.9. The Morgan fingerprint density at radius 3 is 1.13 bits per heavy atom. The van der Waals surface area contributed by atoms with Crippen LogP contribution in [0.1, 0.15) is 11.1 Å². The van der Waals surface area contributed by atoms with Crippen LogP contribution < -0.4 is 10.4 Å². The maximum Gasteiger partial charge on any atom is 0.180 e. The third-order valence-electron chi connectivity index (χ3n) is 5.95. The minimum atomic E-state index is -2.47. The van der Waals surface area contributed by atoms with Crippen LogP contribution in [0.3, 0.4) is 0 Å². The zero-order chi connectivity index (χ0) is 21.3. The molecule has 1 aliphatic heterocycles. The van der Waals surface area contributed by atoms with Crippen LogP contribution in [0.2, 0.25) is 0 Å². The van der Waals surface area contributed by atoms with Crippen molar-refractivity contribution >= 4 is 60.7 Å². The van der Waals surface area contributed by atoms with E-state index in [2.05, 4.69) is 153 Å². The van der Waals surface area contributed by atoms with Crippen LogP contribution >= 0.6 is 31.9 Å². The van der Waals surface area contributed by atoms with E-state index in [9.17, 15) is 0 Å². The molecule has 0 saturated carbocycles. The molecule has 0 aliphatic carbocycles. The van der Waals surface area contributed by atoms with Crippen molar-refractivity contribution in [2.45, 2.75) is 0 Å². The largest absolute Gasteiger partial charge is 0.180 e. The first-order valence-electron chi connectivity index (χ1n) is 10.3. The van der Waals surface area contributed by atoms with Crippen molar-refractivity contribution < 1.29 is 0 Å². The van der Waals surface area contributed by atoms with E-state index in [0.717, 1.165) is 8.95 Å². The van der Waals surface area contributed by atoms with Crippen molar-refractivity contribution in [2.24, 2.45) is 0 Å². The molecule has 1 heterocycles. The first kappa shape index (κ1) is 20.4. The summed E-state index contributed by atoms with van der Waals surface area (Å²) in [5.74, 6) is 0. The molecule has 0 unspecified atom stereocenters. The second kappa shape index (κ2) is 8.58. The third-order valence-corrected chi connectivity index (χ3v) is 11.9. The van der Waals surface area contributed by atoms with Gasteiger partial charge in [0.1, 0.15) is 0 Å². The lowest BCUT2D eigenvalue weighted by Gasteiger charge is -2.35. The maximum absolute atomic E-state index is 3.60. The summed E-state index contributed by atoms with van der Waals surface area (Å²) in [6.45, 7) is 0. The average Bonchev–Trinajstić information content (AvgIpc) is 3.22. The van der Waals surface area contributed by atoms with Gasteiger partial charge in [0.2, 0.25) is 0 Å². The van der Waals surface area contributed by atoms with Crippen molar-refractivity contribution in [1.29, 1.82) is 0 Å². The highest BCUT2D eigenvalue weighted by molar-refractivity contribution is 9.10. The zero-order valence-electron chi connectivity index (χ0n) is 16.8. The van der Waals surface area contributed by atoms with Gasteiger partial charge in [0.05, 0.1) is 0 Å². The molecule has 4 aromatic rings. The third kappa shape index (κ3) is 3.61. The molecular formula is C28H20Br2Si. The molecule has 4 aromatic carbocycles. The molecular weight excluding hydrogens is 524 g/mol. The minimum Gasteiger partial charge on any atom is -0.0623 e. The monoisotopic (exact) mass is 542 g/mol. The van der Waals surface area contributed by atoms with E-state index in [1.54, 1.807) is 0 Å². The summed E-state index contributed by atoms with van der Waals surface area (Å²) in [4.78, 5) is 0. The Labute approximate surface area is 201 Å². The molecule has 0 aromatic heterocycles. The summed E-state index contributed by atoms with van der Waals surface area (Å²) in [6, 6.07) is 39.7. The SMILES string of the molecule is Brc1ccc(C2=CC=C(c3ccc(Br)cc3)[Si]2(c2ccccc2)c2ccccc2)cc1. The summed E-state index contributed by atoms with van der Waals surface area (Å²) < 4.78 is 2.20. The summed E-state index contributed by atoms with van der Waals surface area (Å²) in [5, 5.41) is 5.66. The Balaban J connectivity index is 1.83. The molecule has 0 nitrogen and oxygen atoms in total. The van der Waals surface area contributed by atoms with Crippen molar-refractivity contribution in [3.05, 3.63) is 141 Å². The molecule has 5 rings (SSSR count). The van der Waals surface area contributed by atoms with Gasteiger partial charge in [0.25, 0.3) is 0 Å². The van der Waals surface area contributed by atoms with Crippen LogP contribution in [0.4, 0.5) is 0 Å². The second-order valence-corrected chi connectivity index (χ2v) is 13.2. The van der Waals surface area contributed by atoms with Crippen LogP contribution in [-0.2, 0) is 0 Å². The highest BCUT2D eigenvalue weighted by Crippen LogP contribution is 2.41. The van der Waals surface area contributed by atoms with Crippen LogP contribution in [0.25, 0.3) is 10.4 Å². The van der Waals surface area contributed by atoms with E-state index in [0.29, 0.717) is 0 Å². The Morgan fingerprint density at radius 2 is 0.774 bits per heavy atom. The molecule has 150 valence electrons. The summed E-state index contributed by atoms with van der Waals surface area (Å²) in [5.41, 5.74) is 2.57. The number of rotatable bonds is 4. The fourth-order valence-corrected chi connectivity index (χ4v) is 10.3. The Morgan fingerprint density at radius 1 is 0.419 bits per heavy atom. The van der Waals surface area contributed by atoms with Gasteiger partial charge in [-0.2, -0.15) is 0 Å². The molecule has 31 heavy (non-hydrogen) atoms. The predicted molar refractivity (Wildman–Crippen MR) is 142 cm³/mol. The van der Waals surface area contributed by atoms with Crippen LogP contribution in [0.5, 0.6) is 0 Å². The standard InChI is InChI=1S/C28H20Br2Si/c29-23-15-11-21(12-16-23)27-19-20-28(22-13-17-24(30)18-14-22)31(27,25-7-3-1-4-8-25)26-9-5-2-6-10-26/h1-20H. The fourth-order valence-electron chi connectivity index (χ4n) is 4.61. The van der Waals surface area contributed by atoms with Gasteiger partial charge in [-0.05, 0) is 56.2 Å². The van der Waals surface area contributed by atoms with E-state index < -0.39 is 8.07 Å². The van der Waals surface area contributed by atoms with Crippen molar-refractivity contribution in [3.63, 3.8) is 0 Å². The predicted octanol–water partition coefficient (Wildman–Crippen LogP) is 7.03. The molecule has 0 bridgehead atoms. The van der Waals surface area contributed by atoms with Crippen molar-refractivity contribution in [1.82, 2.24) is 0 Å². The lowest BCUT2D eigenvalue weighted by Crippen LogP contribution is -2.59. The molecule has 1 aliphatic rings. The Hall–Kier alpha value is -2.46. The van der Waals surface area contributed by atoms with Crippen molar-refractivity contribution in [3.8, 4) is 0 Å². The summed E-state index contributed by atoms with van der Waals surface area (Å²) >= 11 is 7.20. The molecule has 0 atom stereocenters. The lowest BCUT2D eigenvalue weighted by atomic mass is 10.2. The number of allylic oxidation sites excluding steroid dienone is 2. The van der Waals surface area contributed by atoms with Gasteiger partial charge >= 0.3 is 0 Å². The molecule has 3 heteroatoms. The first-order valence-corrected chi connectivity index (χ1v) is 13.8. The van der Waals surface area contributed by atoms with Gasteiger partial charge in [-0.3, -0.25) is 0 Å². The van der Waals surface area contributed by atoms with Gasteiger partial charge in [0, 0.05) is 8.95 Å². The summed E-state index contributed by atoms with van der Waals surface area (Å²) in [6.07, 6.45) is 4.71. The van der Waals surface area contributed by atoms with E-state index in [-0.39, 0.29) is 0 Å². The van der Waals surface area contributed by atoms with Gasteiger partial charge < -0.3 is 0 Å². The molecule has 0 amide bonds. The topological polar surface area (TPSA) is 0 Å². The van der Waals surface area contributed by atoms with Gasteiger partial charge in [-0.15, -0.1) is 0 Å². The average molecular weight is 544 g/mol. The molecule has 0 radical (unpaired) electrons. The smallest absolute Gasteiger partial charge is 0.0623 e. The number of halogens is 2. The zero-order valence-corrected chi connectivity index (χ0v) is 21.0. The normalized spacial score (nSPS) is 14.8. The van der Waals surface area contributed by atoms with E-state index in [1.807, 2.05) is 0 Å². The van der Waals surface area contributed by atoms with Crippen molar-refractivity contribution in [2.75, 3.05) is 0 Å². The number of hydrogen-bond donors (Lipinski definition) is 0. The second-order valence-electron chi connectivity index (χ2n) is 7.66. The first-order chi connectivity index (χ1) is 15.2. The van der Waals surface area contributed by atoms with Crippen LogP contribution in [0, 0.1) is 0 Å². The molecule has 0 saturated heterocycles. The van der Waals surface area contributed by atoms with E-state index in [1.165, 1.54) is 31.9 Å². The molecule has 0 N–H and O–H groups in total. The van der Waals surface area contributed by atoms with E-state index in [4.69, 9.17) is 0 Å². The van der Waals surface area contributed by atoms with Crippen LogP contribution in [0.15, 0.2) is 130 Å². The summed E-state index contributed by atoms with van der Waals surface area (Å²) in [7, 11) is -2.47. The molecule has 0 fully saturated rings. The quantitative estimate of drug-likeness (QED) is 0.242. The lowest BCUT2D eigenvalue weighted by molar-refractivity contribution is 1.59. The minimum absolute atomic E-state index is 1.10. The Bertz CT molecular complexity index is 1150.